The predicted molar refractivity (Wildman–Crippen MR) is 179 cm³/mol. The zero-order chi connectivity index (χ0) is 27.6. The zero-order valence-electron chi connectivity index (χ0n) is 22.7. The van der Waals surface area contributed by atoms with Gasteiger partial charge in [-0.15, -0.1) is 11.3 Å². The van der Waals surface area contributed by atoms with Gasteiger partial charge in [0.1, 0.15) is 0 Å². The van der Waals surface area contributed by atoms with Gasteiger partial charge in [-0.05, 0) is 39.4 Å². The third kappa shape index (κ3) is 3.42. The fourth-order valence-electron chi connectivity index (χ4n) is 6.57. The lowest BCUT2D eigenvalue weighted by molar-refractivity contribution is 0.860. The average molecular weight is 556 g/mol. The highest BCUT2D eigenvalue weighted by molar-refractivity contribution is 7.26. The van der Waals surface area contributed by atoms with Gasteiger partial charge in [0, 0.05) is 26.6 Å². The van der Waals surface area contributed by atoms with Gasteiger partial charge in [-0.2, -0.15) is 0 Å². The summed E-state index contributed by atoms with van der Waals surface area (Å²) in [4.78, 5) is 5.44. The minimum Gasteiger partial charge on any atom is -0.325 e. The van der Waals surface area contributed by atoms with E-state index in [1.165, 1.54) is 58.3 Å². The van der Waals surface area contributed by atoms with E-state index in [4.69, 9.17) is 4.99 Å². The summed E-state index contributed by atoms with van der Waals surface area (Å²) in [5, 5.41) is 11.4. The number of nitrogens with one attached hydrogen (secondary N) is 1. The maximum Gasteiger partial charge on any atom is 0.208 e. The number of hydrogen-bond donors (Lipinski definition) is 1. The van der Waals surface area contributed by atoms with Crippen LogP contribution < -0.4 is 5.32 Å². The van der Waals surface area contributed by atoms with E-state index in [2.05, 4.69) is 149 Å². The van der Waals surface area contributed by atoms with Crippen LogP contribution in [0.3, 0.4) is 0 Å². The molecule has 1 N–H and O–H groups in total. The Hall–Kier alpha value is -5.19. The highest BCUT2D eigenvalue weighted by Gasteiger charge is 2.27. The molecular formula is C38H25N3S. The maximum absolute atomic E-state index is 5.44. The molecule has 0 saturated heterocycles. The van der Waals surface area contributed by atoms with E-state index in [0.29, 0.717) is 0 Å². The molecule has 0 amide bonds. The van der Waals surface area contributed by atoms with E-state index in [0.717, 1.165) is 17.2 Å². The molecule has 0 aliphatic carbocycles. The molecule has 2 aromatic heterocycles. The molecule has 1 aliphatic heterocycles. The Morgan fingerprint density at radius 1 is 0.571 bits per heavy atom. The fraction of sp³-hybridized carbons (Fsp3) is 0.0263. The molecule has 0 bridgehead atoms. The van der Waals surface area contributed by atoms with E-state index in [9.17, 15) is 0 Å². The summed E-state index contributed by atoms with van der Waals surface area (Å²) in [5.74, 6) is 0.842. The van der Waals surface area contributed by atoms with Gasteiger partial charge >= 0.3 is 0 Å². The molecule has 1 atom stereocenters. The standard InChI is InChI=1S/C38H25N3S/c1-3-13-24(14-4-1)31-23-32(25-15-5-2-6-16-25)40-38(39-31)41-35-29-20-10-8-18-27(29)26-17-7-9-19-28(26)34(35)37-36(41)30-21-11-12-22-33(30)42-37/h1-23,31H,(H,39,40). The molecule has 0 fully saturated rings. The number of aromatic nitrogens is 1. The molecule has 1 aliphatic rings. The normalized spacial score (nSPS) is 15.4. The second-order valence-corrected chi connectivity index (χ2v) is 11.9. The van der Waals surface area contributed by atoms with Crippen LogP contribution in [0.5, 0.6) is 0 Å². The highest BCUT2D eigenvalue weighted by atomic mass is 32.1. The smallest absolute Gasteiger partial charge is 0.208 e. The second kappa shape index (κ2) is 9.16. The molecule has 8 aromatic rings. The molecular weight excluding hydrogens is 531 g/mol. The molecule has 4 heteroatoms. The Bertz CT molecular complexity index is 2380. The Morgan fingerprint density at radius 2 is 1.17 bits per heavy atom. The molecule has 0 saturated carbocycles. The lowest BCUT2D eigenvalue weighted by atomic mass is 9.98. The van der Waals surface area contributed by atoms with Gasteiger partial charge in [-0.25, -0.2) is 4.99 Å². The van der Waals surface area contributed by atoms with Crippen LogP contribution in [0.2, 0.25) is 0 Å². The van der Waals surface area contributed by atoms with E-state index in [1.54, 1.807) is 0 Å². The number of benzene rings is 6. The van der Waals surface area contributed by atoms with Gasteiger partial charge < -0.3 is 5.32 Å². The monoisotopic (exact) mass is 555 g/mol. The third-order valence-corrected chi connectivity index (χ3v) is 9.60. The number of rotatable bonds is 2. The molecule has 3 nitrogen and oxygen atoms in total. The van der Waals surface area contributed by atoms with Crippen molar-refractivity contribution in [2.75, 3.05) is 0 Å². The fourth-order valence-corrected chi connectivity index (χ4v) is 7.82. The Kier molecular flexibility index (Phi) is 5.13. The van der Waals surface area contributed by atoms with Gasteiger partial charge in [0.15, 0.2) is 0 Å². The largest absolute Gasteiger partial charge is 0.325 e. The van der Waals surface area contributed by atoms with E-state index >= 15 is 0 Å². The zero-order valence-corrected chi connectivity index (χ0v) is 23.5. The first-order valence-electron chi connectivity index (χ1n) is 14.3. The van der Waals surface area contributed by atoms with Crippen LogP contribution in [-0.2, 0) is 0 Å². The number of hydrogen-bond acceptors (Lipinski definition) is 3. The molecule has 1 unspecified atom stereocenters. The Morgan fingerprint density at radius 3 is 1.93 bits per heavy atom. The quantitative estimate of drug-likeness (QED) is 0.211. The summed E-state index contributed by atoms with van der Waals surface area (Å²) in [6.45, 7) is 0. The Labute approximate surface area is 246 Å². The first kappa shape index (κ1) is 23.5. The van der Waals surface area contributed by atoms with Crippen molar-refractivity contribution in [3.63, 3.8) is 0 Å². The molecule has 6 aromatic carbocycles. The summed E-state index contributed by atoms with van der Waals surface area (Å²) in [6.07, 6.45) is 2.25. The van der Waals surface area contributed by atoms with Gasteiger partial charge in [-0.1, -0.05) is 127 Å². The number of thiophene rings is 1. The maximum atomic E-state index is 5.44. The van der Waals surface area contributed by atoms with E-state index in [-0.39, 0.29) is 6.04 Å². The molecule has 9 rings (SSSR count). The van der Waals surface area contributed by atoms with Crippen LogP contribution in [0.1, 0.15) is 17.2 Å². The minimum absolute atomic E-state index is 0.123. The van der Waals surface area contributed by atoms with Crippen molar-refractivity contribution in [3.8, 4) is 0 Å². The van der Waals surface area contributed by atoms with Crippen molar-refractivity contribution >= 4 is 75.7 Å². The van der Waals surface area contributed by atoms with Crippen LogP contribution in [0, 0.1) is 0 Å². The number of aliphatic imine (C=N–C) groups is 1. The Balaban J connectivity index is 1.45. The van der Waals surface area contributed by atoms with Gasteiger partial charge in [0.25, 0.3) is 0 Å². The minimum atomic E-state index is -0.123. The third-order valence-electron chi connectivity index (χ3n) is 8.42. The van der Waals surface area contributed by atoms with Crippen molar-refractivity contribution in [1.29, 1.82) is 0 Å². The average Bonchev–Trinajstić information content (AvgIpc) is 3.61. The first-order valence-corrected chi connectivity index (χ1v) is 15.1. The summed E-state index contributed by atoms with van der Waals surface area (Å²) in [6, 6.07) is 47.4. The molecule has 0 spiro atoms. The SMILES string of the molecule is C1=C(c2ccccc2)NC(n2c3c4ccccc4sc3c3c4ccccc4c4ccccc4c32)=NC1c1ccccc1. The summed E-state index contributed by atoms with van der Waals surface area (Å²) >= 11 is 1.88. The van der Waals surface area contributed by atoms with E-state index < -0.39 is 0 Å². The van der Waals surface area contributed by atoms with Crippen molar-refractivity contribution in [3.05, 3.63) is 151 Å². The van der Waals surface area contributed by atoms with Crippen LogP contribution in [0.25, 0.3) is 58.4 Å². The molecule has 3 heterocycles. The van der Waals surface area contributed by atoms with Crippen LogP contribution in [0.15, 0.2) is 145 Å². The van der Waals surface area contributed by atoms with Crippen molar-refractivity contribution < 1.29 is 0 Å². The predicted octanol–water partition coefficient (Wildman–Crippen LogP) is 9.91. The second-order valence-electron chi connectivity index (χ2n) is 10.8. The summed E-state index contributed by atoms with van der Waals surface area (Å²) in [7, 11) is 0. The van der Waals surface area contributed by atoms with Crippen LogP contribution in [-0.4, -0.2) is 10.5 Å². The van der Waals surface area contributed by atoms with Gasteiger partial charge in [0.05, 0.1) is 21.8 Å². The van der Waals surface area contributed by atoms with Crippen molar-refractivity contribution in [2.24, 2.45) is 4.99 Å². The van der Waals surface area contributed by atoms with Crippen LogP contribution in [0.4, 0.5) is 0 Å². The number of nitrogens with zero attached hydrogens (tertiary/aromatic N) is 2. The van der Waals surface area contributed by atoms with Gasteiger partial charge in [-0.3, -0.25) is 4.57 Å². The molecule has 0 radical (unpaired) electrons. The van der Waals surface area contributed by atoms with E-state index in [1.807, 2.05) is 11.3 Å². The van der Waals surface area contributed by atoms with Crippen molar-refractivity contribution in [2.45, 2.75) is 6.04 Å². The molecule has 42 heavy (non-hydrogen) atoms. The van der Waals surface area contributed by atoms with Gasteiger partial charge in [0.2, 0.25) is 5.96 Å². The highest BCUT2D eigenvalue weighted by Crippen LogP contribution is 2.46. The topological polar surface area (TPSA) is 29.3 Å². The summed E-state index contributed by atoms with van der Waals surface area (Å²) in [5.41, 5.74) is 5.78. The van der Waals surface area contributed by atoms with Crippen LogP contribution >= 0.6 is 11.3 Å². The first-order chi connectivity index (χ1) is 20.8. The summed E-state index contributed by atoms with van der Waals surface area (Å²) < 4.78 is 4.99. The molecule has 198 valence electrons. The van der Waals surface area contributed by atoms with Crippen molar-refractivity contribution in [1.82, 2.24) is 9.88 Å². The number of fused-ring (bicyclic) bond motifs is 10. The lowest BCUT2D eigenvalue weighted by Crippen LogP contribution is -2.32. The lowest BCUT2D eigenvalue weighted by Gasteiger charge is -2.25.